The number of aryl methyl sites for hydroxylation is 2. The fourth-order valence-electron chi connectivity index (χ4n) is 4.81. The van der Waals surface area contributed by atoms with Crippen LogP contribution in [0.25, 0.3) is 5.82 Å². The number of carbonyl (C=O) groups excluding carboxylic acids is 3. The van der Waals surface area contributed by atoms with E-state index in [0.29, 0.717) is 24.3 Å². The molecule has 1 aliphatic carbocycles. The fourth-order valence-corrected chi connectivity index (χ4v) is 4.81. The van der Waals surface area contributed by atoms with Gasteiger partial charge in [0.15, 0.2) is 12.4 Å². The SMILES string of the molecule is Cc1cc(-n2nc3c(c2C(=O)NCC(N)=O)C(=O)N[C@@]2(CCc4cc(OCC(F)(F)F)ccc42)C3)no1. The summed E-state index contributed by atoms with van der Waals surface area (Å²) in [5.41, 5.74) is 5.95. The van der Waals surface area contributed by atoms with Crippen LogP contribution >= 0.6 is 0 Å². The summed E-state index contributed by atoms with van der Waals surface area (Å²) in [5.74, 6) is -1.40. The average molecular weight is 518 g/mol. The number of alkyl halides is 3. The number of nitrogens with two attached hydrogens (primary N) is 1. The number of fused-ring (bicyclic) bond motifs is 3. The first-order chi connectivity index (χ1) is 17.5. The van der Waals surface area contributed by atoms with Gasteiger partial charge in [-0.1, -0.05) is 11.2 Å². The van der Waals surface area contributed by atoms with E-state index in [0.717, 1.165) is 11.1 Å². The van der Waals surface area contributed by atoms with Crippen molar-refractivity contribution in [3.63, 3.8) is 0 Å². The third-order valence-corrected chi connectivity index (χ3v) is 6.29. The number of nitrogens with zero attached hydrogens (tertiary/aromatic N) is 3. The molecule has 37 heavy (non-hydrogen) atoms. The molecule has 5 rings (SSSR count). The fraction of sp³-hybridized carbons (Fsp3) is 0.348. The van der Waals surface area contributed by atoms with Gasteiger partial charge in [0.05, 0.1) is 23.3 Å². The van der Waals surface area contributed by atoms with E-state index in [9.17, 15) is 27.6 Å². The highest BCUT2D eigenvalue weighted by Crippen LogP contribution is 2.44. The lowest BCUT2D eigenvalue weighted by atomic mass is 9.82. The maximum atomic E-state index is 13.4. The normalized spacial score (nSPS) is 18.3. The first-order valence-corrected chi connectivity index (χ1v) is 11.2. The summed E-state index contributed by atoms with van der Waals surface area (Å²) in [6.07, 6.45) is -3.29. The molecule has 1 spiro atoms. The number of benzene rings is 1. The van der Waals surface area contributed by atoms with Crippen molar-refractivity contribution in [2.24, 2.45) is 5.73 Å². The molecule has 1 aromatic carbocycles. The van der Waals surface area contributed by atoms with E-state index in [1.54, 1.807) is 13.0 Å². The molecule has 4 N–H and O–H groups in total. The second-order valence-corrected chi connectivity index (χ2v) is 8.96. The number of hydrogen-bond acceptors (Lipinski definition) is 7. The van der Waals surface area contributed by atoms with Gasteiger partial charge in [0.25, 0.3) is 11.8 Å². The molecule has 11 nitrogen and oxygen atoms in total. The van der Waals surface area contributed by atoms with Gasteiger partial charge in [-0.25, -0.2) is 4.68 Å². The maximum absolute atomic E-state index is 13.4. The van der Waals surface area contributed by atoms with Crippen molar-refractivity contribution in [3.8, 4) is 11.6 Å². The van der Waals surface area contributed by atoms with Crippen molar-refractivity contribution in [2.75, 3.05) is 13.2 Å². The zero-order valence-corrected chi connectivity index (χ0v) is 19.4. The summed E-state index contributed by atoms with van der Waals surface area (Å²) in [4.78, 5) is 37.6. The van der Waals surface area contributed by atoms with Gasteiger partial charge < -0.3 is 25.6 Å². The van der Waals surface area contributed by atoms with Gasteiger partial charge in [0, 0.05) is 12.5 Å². The number of nitrogens with one attached hydrogen (secondary N) is 2. The number of primary amides is 1. The summed E-state index contributed by atoms with van der Waals surface area (Å²) >= 11 is 0. The summed E-state index contributed by atoms with van der Waals surface area (Å²) in [6.45, 7) is -0.207. The molecule has 0 bridgehead atoms. The minimum absolute atomic E-state index is 0.0202. The molecular weight excluding hydrogens is 497 g/mol. The highest BCUT2D eigenvalue weighted by Gasteiger charge is 2.47. The Morgan fingerprint density at radius 2 is 2.11 bits per heavy atom. The van der Waals surface area contributed by atoms with E-state index < -0.39 is 42.6 Å². The molecule has 194 valence electrons. The number of halogens is 3. The molecule has 0 saturated heterocycles. The maximum Gasteiger partial charge on any atom is 0.422 e. The number of ether oxygens (including phenoxy) is 1. The second kappa shape index (κ2) is 8.64. The molecule has 1 atom stereocenters. The van der Waals surface area contributed by atoms with Crippen LogP contribution in [-0.4, -0.2) is 52.0 Å². The van der Waals surface area contributed by atoms with Crippen molar-refractivity contribution in [1.82, 2.24) is 25.6 Å². The molecule has 2 aliphatic rings. The van der Waals surface area contributed by atoms with Gasteiger partial charge in [-0.2, -0.15) is 18.3 Å². The largest absolute Gasteiger partial charge is 0.484 e. The number of hydrogen-bond donors (Lipinski definition) is 3. The quantitative estimate of drug-likeness (QED) is 0.446. The Labute approximate surface area is 207 Å². The predicted octanol–water partition coefficient (Wildman–Crippen LogP) is 1.45. The zero-order valence-electron chi connectivity index (χ0n) is 19.4. The molecule has 1 aliphatic heterocycles. The summed E-state index contributed by atoms with van der Waals surface area (Å²) in [5, 5.41) is 13.7. The third kappa shape index (κ3) is 4.49. The predicted molar refractivity (Wildman–Crippen MR) is 119 cm³/mol. The standard InChI is InChI=1S/C23H21F3N6O5/c1-11-6-17(31-37-11)32-19(21(35)28-9-16(27)33)18-15(30-32)8-22(29-20(18)34)5-4-12-7-13(2-3-14(12)22)36-10-23(24,25)26/h2-3,6-7H,4-5,8-10H2,1H3,(H2,27,33)(H,28,35)(H,29,34)/t22-/m0/s1. The first-order valence-electron chi connectivity index (χ1n) is 11.2. The van der Waals surface area contributed by atoms with Crippen LogP contribution in [0.5, 0.6) is 5.75 Å². The van der Waals surface area contributed by atoms with E-state index in [1.807, 2.05) is 0 Å². The van der Waals surface area contributed by atoms with Gasteiger partial charge >= 0.3 is 6.18 Å². The average Bonchev–Trinajstić information content (AvgIpc) is 3.51. The molecule has 3 heterocycles. The number of rotatable bonds is 6. The van der Waals surface area contributed by atoms with Crippen LogP contribution in [-0.2, 0) is 23.2 Å². The molecular formula is C23H21F3N6O5. The molecule has 3 amide bonds. The molecule has 2 aromatic heterocycles. The molecule has 14 heteroatoms. The summed E-state index contributed by atoms with van der Waals surface area (Å²) < 4.78 is 48.8. The van der Waals surface area contributed by atoms with Crippen molar-refractivity contribution < 1.29 is 36.8 Å². The molecule has 0 saturated carbocycles. The van der Waals surface area contributed by atoms with Gasteiger partial charge in [-0.15, -0.1) is 0 Å². The zero-order chi connectivity index (χ0) is 26.5. The van der Waals surface area contributed by atoms with Gasteiger partial charge in [0.2, 0.25) is 5.91 Å². The monoisotopic (exact) mass is 518 g/mol. The van der Waals surface area contributed by atoms with E-state index in [1.165, 1.54) is 22.9 Å². The van der Waals surface area contributed by atoms with Gasteiger partial charge in [-0.3, -0.25) is 14.4 Å². The lowest BCUT2D eigenvalue weighted by Crippen LogP contribution is -2.50. The van der Waals surface area contributed by atoms with Gasteiger partial charge in [0.1, 0.15) is 17.2 Å². The van der Waals surface area contributed by atoms with E-state index in [-0.39, 0.29) is 29.2 Å². The van der Waals surface area contributed by atoms with Crippen molar-refractivity contribution in [2.45, 2.75) is 37.9 Å². The van der Waals surface area contributed by atoms with Crippen LogP contribution in [0.3, 0.4) is 0 Å². The molecule has 0 unspecified atom stereocenters. The summed E-state index contributed by atoms with van der Waals surface area (Å²) in [7, 11) is 0. The Kier molecular flexibility index (Phi) is 5.68. The van der Waals surface area contributed by atoms with Crippen LogP contribution < -0.4 is 21.1 Å². The Morgan fingerprint density at radius 3 is 2.78 bits per heavy atom. The Hall–Kier alpha value is -4.36. The van der Waals surface area contributed by atoms with Crippen LogP contribution in [0.1, 0.15) is 49.8 Å². The van der Waals surface area contributed by atoms with E-state index in [4.69, 9.17) is 15.0 Å². The Morgan fingerprint density at radius 1 is 1.32 bits per heavy atom. The van der Waals surface area contributed by atoms with Gasteiger partial charge in [-0.05, 0) is 43.0 Å². The topological polar surface area (TPSA) is 154 Å². The van der Waals surface area contributed by atoms with Crippen LogP contribution in [0.2, 0.25) is 0 Å². The van der Waals surface area contributed by atoms with Crippen molar-refractivity contribution in [1.29, 1.82) is 0 Å². The lowest BCUT2D eigenvalue weighted by Gasteiger charge is -2.35. The number of amides is 3. The Bertz CT molecular complexity index is 1430. The van der Waals surface area contributed by atoms with Crippen LogP contribution in [0, 0.1) is 6.92 Å². The smallest absolute Gasteiger partial charge is 0.422 e. The van der Waals surface area contributed by atoms with Crippen LogP contribution in [0.4, 0.5) is 13.2 Å². The third-order valence-electron chi connectivity index (χ3n) is 6.29. The van der Waals surface area contributed by atoms with Crippen molar-refractivity contribution >= 4 is 17.7 Å². The second-order valence-electron chi connectivity index (χ2n) is 8.96. The highest BCUT2D eigenvalue weighted by molar-refractivity contribution is 6.08. The highest BCUT2D eigenvalue weighted by atomic mass is 19.4. The van der Waals surface area contributed by atoms with E-state index >= 15 is 0 Å². The minimum Gasteiger partial charge on any atom is -0.484 e. The summed E-state index contributed by atoms with van der Waals surface area (Å²) in [6, 6.07) is 6.14. The molecule has 0 fully saturated rings. The molecule has 0 radical (unpaired) electrons. The Balaban J connectivity index is 1.52. The first kappa shape index (κ1) is 24.3. The lowest BCUT2D eigenvalue weighted by molar-refractivity contribution is -0.153. The number of aromatic nitrogens is 3. The minimum atomic E-state index is -4.46. The van der Waals surface area contributed by atoms with Crippen LogP contribution in [0.15, 0.2) is 28.8 Å². The van der Waals surface area contributed by atoms with Crippen molar-refractivity contribution in [3.05, 3.63) is 58.1 Å². The number of carbonyl (C=O) groups is 3. The molecule has 3 aromatic rings. The van der Waals surface area contributed by atoms with E-state index in [2.05, 4.69) is 20.9 Å².